The van der Waals surface area contributed by atoms with Gasteiger partial charge >= 0.3 is 0 Å². The van der Waals surface area contributed by atoms with Crippen LogP contribution < -0.4 is 0 Å². The quantitative estimate of drug-likeness (QED) is 0.628. The van der Waals surface area contributed by atoms with E-state index in [0.29, 0.717) is 0 Å². The van der Waals surface area contributed by atoms with Gasteiger partial charge in [-0.05, 0) is 18.1 Å². The molecule has 0 amide bonds. The molecule has 3 rings (SSSR count). The normalized spacial score (nSPS) is 10.8. The number of hydrogen-bond acceptors (Lipinski definition) is 2. The Morgan fingerprint density at radius 3 is 2.58 bits per heavy atom. The molecule has 3 aromatic rings. The lowest BCUT2D eigenvalue weighted by atomic mass is 9.97. The molecule has 0 bridgehead atoms. The average molecular weight is 266 g/mol. The molecule has 0 saturated heterocycles. The Hall–Kier alpha value is -1.93. The van der Waals surface area contributed by atoms with Gasteiger partial charge in [-0.25, -0.2) is 0 Å². The summed E-state index contributed by atoms with van der Waals surface area (Å²) in [6.45, 7) is 2.08. The lowest BCUT2D eigenvalue weighted by Crippen LogP contribution is -2.04. The van der Waals surface area contributed by atoms with Gasteiger partial charge in [0.1, 0.15) is 0 Å². The van der Waals surface area contributed by atoms with E-state index in [0.717, 1.165) is 28.5 Å². The van der Waals surface area contributed by atoms with E-state index in [1.54, 1.807) is 11.3 Å². The molecule has 1 aromatic heterocycles. The Balaban J connectivity index is 2.14. The highest BCUT2D eigenvalue weighted by molar-refractivity contribution is 7.17. The van der Waals surface area contributed by atoms with E-state index < -0.39 is 0 Å². The van der Waals surface area contributed by atoms with Crippen LogP contribution in [0.2, 0.25) is 0 Å². The molecule has 0 N–H and O–H groups in total. The minimum absolute atomic E-state index is 0.134. The molecule has 0 aliphatic carbocycles. The molecule has 0 aliphatic heterocycles. The Morgan fingerprint density at radius 1 is 1.00 bits per heavy atom. The van der Waals surface area contributed by atoms with Crippen LogP contribution in [0.1, 0.15) is 28.4 Å². The molecule has 0 unspecified atom stereocenters. The number of carbonyl (C=O) groups is 1. The van der Waals surface area contributed by atoms with Crippen molar-refractivity contribution < 1.29 is 4.79 Å². The summed E-state index contributed by atoms with van der Waals surface area (Å²) < 4.78 is 1.17. The van der Waals surface area contributed by atoms with E-state index in [4.69, 9.17) is 0 Å². The van der Waals surface area contributed by atoms with Crippen LogP contribution in [-0.2, 0) is 6.42 Å². The Morgan fingerprint density at radius 2 is 1.74 bits per heavy atom. The van der Waals surface area contributed by atoms with Gasteiger partial charge in [0.25, 0.3) is 0 Å². The van der Waals surface area contributed by atoms with E-state index in [2.05, 4.69) is 13.0 Å². The fourth-order valence-electron chi connectivity index (χ4n) is 2.35. The minimum atomic E-state index is 0.134. The van der Waals surface area contributed by atoms with Crippen LogP contribution in [0.4, 0.5) is 0 Å². The van der Waals surface area contributed by atoms with Crippen molar-refractivity contribution in [1.82, 2.24) is 0 Å². The molecular formula is C17H14OS. The van der Waals surface area contributed by atoms with Gasteiger partial charge in [0.15, 0.2) is 5.78 Å². The highest BCUT2D eigenvalue weighted by Gasteiger charge is 2.16. The summed E-state index contributed by atoms with van der Waals surface area (Å²) in [6, 6.07) is 15.9. The van der Waals surface area contributed by atoms with E-state index >= 15 is 0 Å². The van der Waals surface area contributed by atoms with Crippen LogP contribution >= 0.6 is 11.3 Å². The molecule has 0 aliphatic rings. The number of benzene rings is 2. The van der Waals surface area contributed by atoms with Gasteiger partial charge in [0.2, 0.25) is 0 Å². The van der Waals surface area contributed by atoms with Gasteiger partial charge in [0, 0.05) is 26.6 Å². The Kier molecular flexibility index (Phi) is 3.18. The zero-order valence-corrected chi connectivity index (χ0v) is 11.5. The largest absolute Gasteiger partial charge is 0.289 e. The topological polar surface area (TPSA) is 17.1 Å². The predicted octanol–water partition coefficient (Wildman–Crippen LogP) is 4.69. The first-order valence-corrected chi connectivity index (χ1v) is 7.28. The number of thiophene rings is 1. The molecule has 0 fully saturated rings. The monoisotopic (exact) mass is 266 g/mol. The first-order chi connectivity index (χ1) is 9.31. The second-order valence-electron chi connectivity index (χ2n) is 4.49. The van der Waals surface area contributed by atoms with Gasteiger partial charge < -0.3 is 0 Å². The summed E-state index contributed by atoms with van der Waals surface area (Å²) in [6.07, 6.45) is 0.879. The van der Waals surface area contributed by atoms with Gasteiger partial charge in [-0.1, -0.05) is 49.4 Å². The Labute approximate surface area is 116 Å². The summed E-state index contributed by atoms with van der Waals surface area (Å²) in [5, 5.41) is 3.03. The maximum atomic E-state index is 12.7. The molecule has 1 nitrogen and oxygen atoms in total. The molecule has 2 heteroatoms. The van der Waals surface area contributed by atoms with E-state index in [9.17, 15) is 4.79 Å². The van der Waals surface area contributed by atoms with Crippen molar-refractivity contribution in [3.05, 3.63) is 70.6 Å². The third-order valence-electron chi connectivity index (χ3n) is 3.37. The number of hydrogen-bond donors (Lipinski definition) is 0. The van der Waals surface area contributed by atoms with Crippen molar-refractivity contribution in [2.24, 2.45) is 0 Å². The number of ketones is 1. The molecule has 94 valence electrons. The third kappa shape index (κ3) is 2.08. The summed E-state index contributed by atoms with van der Waals surface area (Å²) in [5.74, 6) is 0.134. The molecule has 0 atom stereocenters. The molecule has 0 saturated carbocycles. The summed E-state index contributed by atoms with van der Waals surface area (Å²) in [5.41, 5.74) is 2.76. The average Bonchev–Trinajstić information content (AvgIpc) is 2.90. The van der Waals surface area contributed by atoms with Gasteiger partial charge in [-0.3, -0.25) is 4.79 Å². The lowest BCUT2D eigenvalue weighted by molar-refractivity contribution is 0.104. The molecule has 1 heterocycles. The molecule has 19 heavy (non-hydrogen) atoms. The van der Waals surface area contributed by atoms with Crippen LogP contribution in [-0.4, -0.2) is 5.78 Å². The van der Waals surface area contributed by atoms with Crippen LogP contribution in [0.5, 0.6) is 0 Å². The van der Waals surface area contributed by atoms with Crippen molar-refractivity contribution in [1.29, 1.82) is 0 Å². The van der Waals surface area contributed by atoms with Gasteiger partial charge in [-0.15, -0.1) is 11.3 Å². The first-order valence-electron chi connectivity index (χ1n) is 6.40. The second-order valence-corrected chi connectivity index (χ2v) is 5.40. The minimum Gasteiger partial charge on any atom is -0.289 e. The molecule has 2 aromatic carbocycles. The van der Waals surface area contributed by atoms with Crippen molar-refractivity contribution in [2.45, 2.75) is 13.3 Å². The van der Waals surface area contributed by atoms with Crippen LogP contribution in [0.3, 0.4) is 0 Å². The van der Waals surface area contributed by atoms with Gasteiger partial charge in [0.05, 0.1) is 0 Å². The van der Waals surface area contributed by atoms with E-state index in [1.807, 2.05) is 47.8 Å². The standard InChI is InChI=1S/C17H14OS/c1-2-12-7-3-4-8-13(12)17(18)15-11-19-16-10-6-5-9-14(15)16/h3-11H,2H2,1H3. The molecule has 0 spiro atoms. The van der Waals surface area contributed by atoms with Crippen LogP contribution in [0.25, 0.3) is 10.1 Å². The van der Waals surface area contributed by atoms with Crippen molar-refractivity contribution >= 4 is 27.2 Å². The molecular weight excluding hydrogens is 252 g/mol. The van der Waals surface area contributed by atoms with Crippen molar-refractivity contribution in [3.63, 3.8) is 0 Å². The fourth-order valence-corrected chi connectivity index (χ4v) is 3.29. The smallest absolute Gasteiger partial charge is 0.194 e. The van der Waals surface area contributed by atoms with Crippen molar-refractivity contribution in [3.8, 4) is 0 Å². The van der Waals surface area contributed by atoms with E-state index in [-0.39, 0.29) is 5.78 Å². The number of rotatable bonds is 3. The van der Waals surface area contributed by atoms with Crippen LogP contribution in [0, 0.1) is 0 Å². The summed E-state index contributed by atoms with van der Waals surface area (Å²) >= 11 is 1.63. The van der Waals surface area contributed by atoms with E-state index in [1.165, 1.54) is 4.70 Å². The lowest BCUT2D eigenvalue weighted by Gasteiger charge is -2.05. The van der Waals surface area contributed by atoms with Crippen LogP contribution in [0.15, 0.2) is 53.9 Å². The zero-order valence-electron chi connectivity index (χ0n) is 10.7. The van der Waals surface area contributed by atoms with Gasteiger partial charge in [-0.2, -0.15) is 0 Å². The Bertz CT molecular complexity index is 740. The maximum absolute atomic E-state index is 12.7. The first kappa shape index (κ1) is 12.1. The second kappa shape index (κ2) is 4.98. The molecule has 0 radical (unpaired) electrons. The number of aryl methyl sites for hydroxylation is 1. The zero-order chi connectivity index (χ0) is 13.2. The summed E-state index contributed by atoms with van der Waals surface area (Å²) in [4.78, 5) is 12.7. The highest BCUT2D eigenvalue weighted by Crippen LogP contribution is 2.28. The van der Waals surface area contributed by atoms with Crippen molar-refractivity contribution in [2.75, 3.05) is 0 Å². The highest BCUT2D eigenvalue weighted by atomic mass is 32.1. The summed E-state index contributed by atoms with van der Waals surface area (Å²) in [7, 11) is 0. The third-order valence-corrected chi connectivity index (χ3v) is 4.33. The number of fused-ring (bicyclic) bond motifs is 1. The SMILES string of the molecule is CCc1ccccc1C(=O)c1csc2ccccc12. The fraction of sp³-hybridized carbons (Fsp3) is 0.118. The maximum Gasteiger partial charge on any atom is 0.194 e. The number of carbonyl (C=O) groups excluding carboxylic acids is 1. The predicted molar refractivity (Wildman–Crippen MR) is 81.1 cm³/mol.